The largest absolute Gasteiger partial charge is 0.446 e. The highest BCUT2D eigenvalue weighted by atomic mass is 79.9. The molecule has 0 unspecified atom stereocenters. The molecule has 1 aromatic rings. The molecule has 1 rings (SSSR count). The van der Waals surface area contributed by atoms with Crippen molar-refractivity contribution in [3.05, 3.63) is 22.6 Å². The van der Waals surface area contributed by atoms with Gasteiger partial charge in [-0.05, 0) is 41.9 Å². The predicted molar refractivity (Wildman–Crippen MR) is 55.4 cm³/mol. The zero-order chi connectivity index (χ0) is 9.84. The zero-order valence-electron chi connectivity index (χ0n) is 7.54. The molecule has 72 valence electrons. The van der Waals surface area contributed by atoms with Gasteiger partial charge in [0.15, 0.2) is 16.3 Å². The SMILES string of the molecule is CC(C)N=C(NN)c1ccc(Br)o1. The molecule has 0 amide bonds. The number of nitrogens with one attached hydrogen (secondary N) is 1. The fourth-order valence-corrected chi connectivity index (χ4v) is 1.18. The maximum absolute atomic E-state index is 5.31. The van der Waals surface area contributed by atoms with Gasteiger partial charge in [0, 0.05) is 6.04 Å². The Labute approximate surface area is 85.3 Å². The Morgan fingerprint density at radius 3 is 2.69 bits per heavy atom. The standard InChI is InChI=1S/C8H12BrN3O/c1-5(2)11-8(12-10)6-3-4-7(9)13-6/h3-5H,10H2,1-2H3,(H,11,12). The Hall–Kier alpha value is -0.810. The van der Waals surface area contributed by atoms with Crippen LogP contribution >= 0.6 is 15.9 Å². The first-order valence-corrected chi connectivity index (χ1v) is 4.73. The Bertz CT molecular complexity index is 306. The molecule has 0 aromatic carbocycles. The number of amidine groups is 1. The minimum atomic E-state index is 0.176. The maximum Gasteiger partial charge on any atom is 0.179 e. The Kier molecular flexibility index (Phi) is 3.50. The second-order valence-electron chi connectivity index (χ2n) is 2.82. The number of halogens is 1. The van der Waals surface area contributed by atoms with E-state index in [4.69, 9.17) is 10.3 Å². The van der Waals surface area contributed by atoms with Gasteiger partial charge in [0.2, 0.25) is 0 Å². The van der Waals surface area contributed by atoms with Crippen molar-refractivity contribution in [2.75, 3.05) is 0 Å². The van der Waals surface area contributed by atoms with E-state index in [9.17, 15) is 0 Å². The Morgan fingerprint density at radius 1 is 1.62 bits per heavy atom. The van der Waals surface area contributed by atoms with Crippen molar-refractivity contribution < 1.29 is 4.42 Å². The number of nitrogens with zero attached hydrogens (tertiary/aromatic N) is 1. The van der Waals surface area contributed by atoms with E-state index in [1.807, 2.05) is 13.8 Å². The lowest BCUT2D eigenvalue weighted by Crippen LogP contribution is -2.31. The molecule has 0 bridgehead atoms. The van der Waals surface area contributed by atoms with Crippen LogP contribution in [0.2, 0.25) is 0 Å². The zero-order valence-corrected chi connectivity index (χ0v) is 9.13. The molecule has 1 aromatic heterocycles. The highest BCUT2D eigenvalue weighted by Gasteiger charge is 2.06. The highest BCUT2D eigenvalue weighted by molar-refractivity contribution is 9.10. The monoisotopic (exact) mass is 245 g/mol. The van der Waals surface area contributed by atoms with Crippen molar-refractivity contribution >= 4 is 21.8 Å². The summed E-state index contributed by atoms with van der Waals surface area (Å²) in [6.07, 6.45) is 0. The van der Waals surface area contributed by atoms with Crippen LogP contribution in [0.4, 0.5) is 0 Å². The Morgan fingerprint density at radius 2 is 2.31 bits per heavy atom. The number of aliphatic imine (C=N–C) groups is 1. The summed E-state index contributed by atoms with van der Waals surface area (Å²) in [5.41, 5.74) is 2.50. The van der Waals surface area contributed by atoms with Crippen LogP contribution in [0.3, 0.4) is 0 Å². The van der Waals surface area contributed by atoms with Crippen LogP contribution in [0.5, 0.6) is 0 Å². The van der Waals surface area contributed by atoms with E-state index in [-0.39, 0.29) is 6.04 Å². The molecule has 3 N–H and O–H groups in total. The van der Waals surface area contributed by atoms with Gasteiger partial charge in [0.1, 0.15) is 0 Å². The summed E-state index contributed by atoms with van der Waals surface area (Å²) in [6, 6.07) is 3.77. The molecule has 0 aliphatic heterocycles. The van der Waals surface area contributed by atoms with Crippen molar-refractivity contribution in [1.82, 2.24) is 5.43 Å². The van der Waals surface area contributed by atoms with E-state index in [1.165, 1.54) is 0 Å². The lowest BCUT2D eigenvalue weighted by Gasteiger charge is -2.03. The van der Waals surface area contributed by atoms with Gasteiger partial charge >= 0.3 is 0 Å². The third kappa shape index (κ3) is 2.86. The van der Waals surface area contributed by atoms with Crippen molar-refractivity contribution in [2.24, 2.45) is 10.8 Å². The fourth-order valence-electron chi connectivity index (χ4n) is 0.872. The molecule has 5 heteroatoms. The molecule has 1 heterocycles. The Balaban J connectivity index is 2.90. The number of hydrogen-bond donors (Lipinski definition) is 2. The van der Waals surface area contributed by atoms with Crippen molar-refractivity contribution in [3.8, 4) is 0 Å². The molecule has 13 heavy (non-hydrogen) atoms. The molecular formula is C8H12BrN3O. The quantitative estimate of drug-likeness (QED) is 0.361. The van der Waals surface area contributed by atoms with Gasteiger partial charge in [-0.2, -0.15) is 0 Å². The summed E-state index contributed by atoms with van der Waals surface area (Å²) in [5.74, 6) is 6.49. The molecule has 0 saturated heterocycles. The fraction of sp³-hybridized carbons (Fsp3) is 0.375. The average molecular weight is 246 g/mol. The molecule has 0 spiro atoms. The van der Waals surface area contributed by atoms with Gasteiger partial charge in [0.05, 0.1) is 0 Å². The second kappa shape index (κ2) is 4.43. The van der Waals surface area contributed by atoms with Gasteiger partial charge in [-0.15, -0.1) is 0 Å². The molecule has 0 aliphatic carbocycles. The molecule has 0 fully saturated rings. The summed E-state index contributed by atoms with van der Waals surface area (Å²) in [6.45, 7) is 3.94. The molecular weight excluding hydrogens is 234 g/mol. The molecule has 0 radical (unpaired) electrons. The van der Waals surface area contributed by atoms with Crippen LogP contribution in [0, 0.1) is 0 Å². The minimum absolute atomic E-state index is 0.176. The first-order valence-electron chi connectivity index (χ1n) is 3.93. The first-order chi connectivity index (χ1) is 6.13. The number of hydrogen-bond acceptors (Lipinski definition) is 3. The number of nitrogens with two attached hydrogens (primary N) is 1. The highest BCUT2D eigenvalue weighted by Crippen LogP contribution is 2.14. The second-order valence-corrected chi connectivity index (χ2v) is 3.60. The van der Waals surface area contributed by atoms with Gasteiger partial charge in [-0.25, -0.2) is 5.84 Å². The third-order valence-corrected chi connectivity index (χ3v) is 1.76. The first kappa shape index (κ1) is 10.3. The van der Waals surface area contributed by atoms with E-state index in [2.05, 4.69) is 26.3 Å². The van der Waals surface area contributed by atoms with E-state index in [0.717, 1.165) is 0 Å². The van der Waals surface area contributed by atoms with E-state index < -0.39 is 0 Å². The number of hydrazine groups is 1. The summed E-state index contributed by atoms with van der Waals surface area (Å²) in [4.78, 5) is 4.24. The van der Waals surface area contributed by atoms with Crippen molar-refractivity contribution in [2.45, 2.75) is 19.9 Å². The van der Waals surface area contributed by atoms with E-state index in [0.29, 0.717) is 16.3 Å². The van der Waals surface area contributed by atoms with Crippen LogP contribution in [-0.4, -0.2) is 11.9 Å². The van der Waals surface area contributed by atoms with Crippen molar-refractivity contribution in [3.63, 3.8) is 0 Å². The third-order valence-electron chi connectivity index (χ3n) is 1.33. The number of rotatable bonds is 2. The van der Waals surface area contributed by atoms with Crippen LogP contribution in [-0.2, 0) is 0 Å². The van der Waals surface area contributed by atoms with E-state index in [1.54, 1.807) is 12.1 Å². The van der Waals surface area contributed by atoms with Crippen LogP contribution in [0.15, 0.2) is 26.2 Å². The van der Waals surface area contributed by atoms with Gasteiger partial charge < -0.3 is 9.84 Å². The minimum Gasteiger partial charge on any atom is -0.446 e. The molecule has 0 aliphatic rings. The van der Waals surface area contributed by atoms with Crippen molar-refractivity contribution in [1.29, 1.82) is 0 Å². The van der Waals surface area contributed by atoms with Crippen LogP contribution < -0.4 is 11.3 Å². The summed E-state index contributed by atoms with van der Waals surface area (Å²) >= 11 is 3.21. The summed E-state index contributed by atoms with van der Waals surface area (Å²) < 4.78 is 5.94. The molecule has 0 atom stereocenters. The average Bonchev–Trinajstić information content (AvgIpc) is 2.47. The number of furan rings is 1. The lowest BCUT2D eigenvalue weighted by molar-refractivity contribution is 0.527. The molecule has 4 nitrogen and oxygen atoms in total. The van der Waals surface area contributed by atoms with E-state index >= 15 is 0 Å². The van der Waals surface area contributed by atoms with Crippen LogP contribution in [0.25, 0.3) is 0 Å². The normalized spacial score (nSPS) is 12.2. The smallest absolute Gasteiger partial charge is 0.179 e. The molecule has 0 saturated carbocycles. The predicted octanol–water partition coefficient (Wildman–Crippen LogP) is 1.66. The summed E-state index contributed by atoms with van der Waals surface area (Å²) in [7, 11) is 0. The van der Waals surface area contributed by atoms with Gasteiger partial charge in [-0.3, -0.25) is 4.99 Å². The van der Waals surface area contributed by atoms with Crippen LogP contribution in [0.1, 0.15) is 19.6 Å². The van der Waals surface area contributed by atoms with Gasteiger partial charge in [0.25, 0.3) is 0 Å². The summed E-state index contributed by atoms with van der Waals surface area (Å²) in [5, 5.41) is 0. The van der Waals surface area contributed by atoms with Gasteiger partial charge in [-0.1, -0.05) is 0 Å². The topological polar surface area (TPSA) is 63.5 Å². The lowest BCUT2D eigenvalue weighted by atomic mass is 10.4. The maximum atomic E-state index is 5.31.